The van der Waals surface area contributed by atoms with Crippen molar-refractivity contribution in [1.29, 1.82) is 0 Å². The van der Waals surface area contributed by atoms with Crippen LogP contribution in [0.25, 0.3) is 0 Å². The van der Waals surface area contributed by atoms with Crippen molar-refractivity contribution in [2.45, 2.75) is 46.7 Å². The molecule has 0 unspecified atom stereocenters. The first-order valence-electron chi connectivity index (χ1n) is 6.14. The molecule has 1 heterocycles. The standard InChI is InChI=1S/C12H24N4S/c1-8(2)16(9(3)4)7-6-14-12-10(5)11(13)15-17-12/h8-9,14H,6-7H2,1-5H3,(H2,13,15). The molecule has 0 aliphatic carbocycles. The second-order valence-corrected chi connectivity index (χ2v) is 5.65. The van der Waals surface area contributed by atoms with Gasteiger partial charge in [-0.2, -0.15) is 4.37 Å². The first kappa shape index (κ1) is 14.3. The lowest BCUT2D eigenvalue weighted by molar-refractivity contribution is 0.182. The van der Waals surface area contributed by atoms with Crippen molar-refractivity contribution in [3.05, 3.63) is 5.56 Å². The van der Waals surface area contributed by atoms with Crippen LogP contribution in [-0.2, 0) is 0 Å². The summed E-state index contributed by atoms with van der Waals surface area (Å²) < 4.78 is 4.13. The first-order chi connectivity index (χ1) is 7.93. The van der Waals surface area contributed by atoms with Gasteiger partial charge in [-0.3, -0.25) is 4.90 Å². The van der Waals surface area contributed by atoms with E-state index >= 15 is 0 Å². The first-order valence-corrected chi connectivity index (χ1v) is 6.92. The molecule has 17 heavy (non-hydrogen) atoms. The predicted octanol–water partition coefficient (Wildman–Crippen LogP) is 2.56. The number of hydrogen-bond donors (Lipinski definition) is 2. The fourth-order valence-electron chi connectivity index (χ4n) is 1.92. The minimum Gasteiger partial charge on any atom is -0.383 e. The van der Waals surface area contributed by atoms with E-state index in [-0.39, 0.29) is 0 Å². The summed E-state index contributed by atoms with van der Waals surface area (Å²) in [5, 5.41) is 4.50. The molecule has 0 amide bonds. The highest BCUT2D eigenvalue weighted by Crippen LogP contribution is 2.24. The summed E-state index contributed by atoms with van der Waals surface area (Å²) in [4.78, 5) is 2.47. The average molecular weight is 256 g/mol. The van der Waals surface area contributed by atoms with E-state index in [1.54, 1.807) is 0 Å². The third-order valence-corrected chi connectivity index (χ3v) is 3.86. The van der Waals surface area contributed by atoms with Gasteiger partial charge in [0.15, 0.2) is 0 Å². The quantitative estimate of drug-likeness (QED) is 0.821. The fraction of sp³-hybridized carbons (Fsp3) is 0.750. The van der Waals surface area contributed by atoms with E-state index in [1.807, 2.05) is 6.92 Å². The Hall–Kier alpha value is -0.810. The number of nitrogens with zero attached hydrogens (tertiary/aromatic N) is 2. The van der Waals surface area contributed by atoms with Gasteiger partial charge in [0.05, 0.1) is 0 Å². The molecule has 0 saturated carbocycles. The number of anilines is 2. The van der Waals surface area contributed by atoms with E-state index in [2.05, 4.69) is 42.3 Å². The van der Waals surface area contributed by atoms with Crippen LogP contribution in [-0.4, -0.2) is 34.4 Å². The van der Waals surface area contributed by atoms with Crippen molar-refractivity contribution in [3.8, 4) is 0 Å². The molecule has 0 saturated heterocycles. The summed E-state index contributed by atoms with van der Waals surface area (Å²) in [5.41, 5.74) is 6.78. The summed E-state index contributed by atoms with van der Waals surface area (Å²) in [6.07, 6.45) is 0. The van der Waals surface area contributed by atoms with E-state index in [9.17, 15) is 0 Å². The normalized spacial score (nSPS) is 11.8. The maximum Gasteiger partial charge on any atom is 0.142 e. The Morgan fingerprint density at radius 3 is 2.29 bits per heavy atom. The highest BCUT2D eigenvalue weighted by Gasteiger charge is 2.13. The number of hydrogen-bond acceptors (Lipinski definition) is 5. The molecule has 0 radical (unpaired) electrons. The lowest BCUT2D eigenvalue weighted by atomic mass is 10.2. The van der Waals surface area contributed by atoms with Gasteiger partial charge in [-0.25, -0.2) is 0 Å². The molecule has 3 N–H and O–H groups in total. The van der Waals surface area contributed by atoms with Crippen molar-refractivity contribution in [2.75, 3.05) is 24.1 Å². The van der Waals surface area contributed by atoms with Crippen LogP contribution in [0.2, 0.25) is 0 Å². The average Bonchev–Trinajstić information content (AvgIpc) is 2.54. The molecule has 0 fully saturated rings. The van der Waals surface area contributed by atoms with Crippen LogP contribution in [0, 0.1) is 6.92 Å². The van der Waals surface area contributed by atoms with Gasteiger partial charge in [0.25, 0.3) is 0 Å². The van der Waals surface area contributed by atoms with Crippen molar-refractivity contribution in [2.24, 2.45) is 0 Å². The van der Waals surface area contributed by atoms with Gasteiger partial charge in [0.1, 0.15) is 10.8 Å². The van der Waals surface area contributed by atoms with E-state index in [1.165, 1.54) is 11.5 Å². The molecule has 0 aromatic carbocycles. The molecule has 1 aromatic rings. The molecule has 0 spiro atoms. The third kappa shape index (κ3) is 3.85. The Kier molecular flexibility index (Phi) is 5.21. The van der Waals surface area contributed by atoms with Gasteiger partial charge in [0.2, 0.25) is 0 Å². The molecule has 0 aliphatic heterocycles. The summed E-state index contributed by atoms with van der Waals surface area (Å²) >= 11 is 1.44. The Bertz CT molecular complexity index is 338. The smallest absolute Gasteiger partial charge is 0.142 e. The minimum absolute atomic E-state index is 0.574. The highest BCUT2D eigenvalue weighted by molar-refractivity contribution is 7.10. The molecular weight excluding hydrogens is 232 g/mol. The number of aromatic nitrogens is 1. The largest absolute Gasteiger partial charge is 0.383 e. The highest BCUT2D eigenvalue weighted by atomic mass is 32.1. The Labute approximate surface area is 108 Å². The zero-order valence-corrected chi connectivity index (χ0v) is 12.3. The zero-order chi connectivity index (χ0) is 13.0. The van der Waals surface area contributed by atoms with E-state index in [4.69, 9.17) is 5.73 Å². The van der Waals surface area contributed by atoms with E-state index in [0.717, 1.165) is 23.7 Å². The Balaban J connectivity index is 2.44. The molecule has 0 aliphatic rings. The van der Waals surface area contributed by atoms with Crippen LogP contribution < -0.4 is 11.1 Å². The Morgan fingerprint density at radius 1 is 1.29 bits per heavy atom. The van der Waals surface area contributed by atoms with Crippen LogP contribution in [0.4, 0.5) is 10.8 Å². The molecule has 5 heteroatoms. The number of nitrogen functional groups attached to an aromatic ring is 1. The van der Waals surface area contributed by atoms with Gasteiger partial charge in [0, 0.05) is 30.7 Å². The maximum atomic E-state index is 5.72. The predicted molar refractivity (Wildman–Crippen MR) is 76.7 cm³/mol. The van der Waals surface area contributed by atoms with Crippen LogP contribution in [0.1, 0.15) is 33.3 Å². The summed E-state index contributed by atoms with van der Waals surface area (Å²) in [6.45, 7) is 12.9. The molecule has 1 aromatic heterocycles. The van der Waals surface area contributed by atoms with Crippen LogP contribution in [0.5, 0.6) is 0 Å². The van der Waals surface area contributed by atoms with Crippen molar-refractivity contribution < 1.29 is 0 Å². The summed E-state index contributed by atoms with van der Waals surface area (Å²) in [6, 6.07) is 1.15. The SMILES string of the molecule is Cc1c(N)nsc1NCCN(C(C)C)C(C)C. The third-order valence-electron chi connectivity index (χ3n) is 2.94. The summed E-state index contributed by atoms with van der Waals surface area (Å²) in [7, 11) is 0. The van der Waals surface area contributed by atoms with Crippen LogP contribution in [0.3, 0.4) is 0 Å². The van der Waals surface area contributed by atoms with Crippen LogP contribution >= 0.6 is 11.5 Å². The summed E-state index contributed by atoms with van der Waals surface area (Å²) in [5.74, 6) is 0.641. The number of nitrogens with one attached hydrogen (secondary N) is 1. The monoisotopic (exact) mass is 256 g/mol. The zero-order valence-electron chi connectivity index (χ0n) is 11.4. The molecule has 0 atom stereocenters. The van der Waals surface area contributed by atoms with Gasteiger partial charge < -0.3 is 11.1 Å². The van der Waals surface area contributed by atoms with Crippen molar-refractivity contribution in [1.82, 2.24) is 9.27 Å². The van der Waals surface area contributed by atoms with Crippen molar-refractivity contribution >= 4 is 22.4 Å². The molecular formula is C12H24N4S. The molecule has 0 bridgehead atoms. The lowest BCUT2D eigenvalue weighted by Crippen LogP contribution is -2.40. The molecule has 98 valence electrons. The lowest BCUT2D eigenvalue weighted by Gasteiger charge is -2.30. The second-order valence-electron chi connectivity index (χ2n) is 4.87. The number of nitrogens with two attached hydrogens (primary N) is 1. The topological polar surface area (TPSA) is 54.2 Å². The maximum absolute atomic E-state index is 5.72. The molecule has 4 nitrogen and oxygen atoms in total. The van der Waals surface area contributed by atoms with Gasteiger partial charge >= 0.3 is 0 Å². The van der Waals surface area contributed by atoms with Gasteiger partial charge in [-0.1, -0.05) is 0 Å². The van der Waals surface area contributed by atoms with Gasteiger partial charge in [-0.15, -0.1) is 0 Å². The van der Waals surface area contributed by atoms with Crippen molar-refractivity contribution in [3.63, 3.8) is 0 Å². The number of rotatable bonds is 6. The minimum atomic E-state index is 0.574. The second kappa shape index (κ2) is 6.21. The van der Waals surface area contributed by atoms with Gasteiger partial charge in [-0.05, 0) is 46.2 Å². The van der Waals surface area contributed by atoms with E-state index in [0.29, 0.717) is 17.9 Å². The molecule has 1 rings (SSSR count). The Morgan fingerprint density at radius 2 is 1.88 bits per heavy atom. The van der Waals surface area contributed by atoms with E-state index < -0.39 is 0 Å². The van der Waals surface area contributed by atoms with Crippen LogP contribution in [0.15, 0.2) is 0 Å². The fourth-order valence-corrected chi connectivity index (χ4v) is 2.66.